The van der Waals surface area contributed by atoms with Crippen molar-refractivity contribution in [1.82, 2.24) is 15.2 Å². The van der Waals surface area contributed by atoms with E-state index in [0.717, 1.165) is 34.3 Å². The maximum atomic E-state index is 12.7. The molecule has 8 heteroatoms. The molecule has 2 aromatic heterocycles. The van der Waals surface area contributed by atoms with Crippen LogP contribution in [-0.2, 0) is 24.4 Å². The van der Waals surface area contributed by atoms with Crippen molar-refractivity contribution in [2.75, 3.05) is 25.9 Å². The number of carbonyl (C=O) groups excluding carboxylic acids is 1. The molecule has 6 nitrogen and oxygen atoms in total. The van der Waals surface area contributed by atoms with Gasteiger partial charge in [0, 0.05) is 36.1 Å². The molecule has 4 aromatic rings. The third kappa shape index (κ3) is 6.33. The predicted octanol–water partition coefficient (Wildman–Crippen LogP) is 5.11. The Hall–Kier alpha value is -2.97. The molecule has 3 N–H and O–H groups in total. The molecule has 0 fully saturated rings. The summed E-state index contributed by atoms with van der Waals surface area (Å²) in [5, 5.41) is 5.41. The molecule has 0 spiro atoms. The molecule has 1 amide bonds. The van der Waals surface area contributed by atoms with Crippen molar-refractivity contribution >= 4 is 45.4 Å². The third-order valence-corrected chi connectivity index (χ3v) is 7.00. The number of benzene rings is 2. The lowest BCUT2D eigenvalue weighted by atomic mass is 10.1. The summed E-state index contributed by atoms with van der Waals surface area (Å²) in [6, 6.07) is 19.8. The summed E-state index contributed by atoms with van der Waals surface area (Å²) in [6.07, 6.45) is 1.68. The number of amides is 1. The molecule has 4 rings (SSSR count). The van der Waals surface area contributed by atoms with Crippen LogP contribution >= 0.6 is 22.9 Å². The number of anilines is 1. The monoisotopic (exact) mass is 494 g/mol. The second-order valence-corrected chi connectivity index (χ2v) is 9.64. The van der Waals surface area contributed by atoms with Crippen LogP contribution in [0.3, 0.4) is 0 Å². The first-order valence-electron chi connectivity index (χ1n) is 11.0. The molecule has 0 aliphatic carbocycles. The first kappa shape index (κ1) is 24.2. The Balaban J connectivity index is 1.24. The van der Waals surface area contributed by atoms with Crippen LogP contribution in [0.5, 0.6) is 0 Å². The van der Waals surface area contributed by atoms with E-state index >= 15 is 0 Å². The van der Waals surface area contributed by atoms with Crippen LogP contribution in [0.2, 0.25) is 5.02 Å². The second-order valence-electron chi connectivity index (χ2n) is 8.09. The molecule has 34 heavy (non-hydrogen) atoms. The van der Waals surface area contributed by atoms with E-state index in [2.05, 4.69) is 34.4 Å². The molecule has 0 aliphatic rings. The normalized spacial score (nSPS) is 11.3. The van der Waals surface area contributed by atoms with Crippen LogP contribution in [0, 0.1) is 0 Å². The number of likely N-dealkylation sites (N-methyl/N-ethyl adjacent to an activating group) is 1. The minimum absolute atomic E-state index is 0.157. The maximum absolute atomic E-state index is 12.7. The standard InChI is InChI=1S/C26H27ClN4O2S/c1-31(16-18-5-3-2-4-6-18)11-12-33-17-24-22(27)14-23(34-24)26(32)30-15-19-7-8-21-20(13-19)9-10-29-25(21)28/h2-10,13-14H,11-12,15-17H2,1H3,(H2,28,29)(H,30,32). The van der Waals surface area contributed by atoms with Gasteiger partial charge in [-0.1, -0.05) is 54.1 Å². The molecule has 2 aromatic carbocycles. The topological polar surface area (TPSA) is 80.5 Å². The number of pyridine rings is 1. The average molecular weight is 495 g/mol. The van der Waals surface area contributed by atoms with Gasteiger partial charge in [0.1, 0.15) is 5.82 Å². The van der Waals surface area contributed by atoms with Crippen molar-refractivity contribution < 1.29 is 9.53 Å². The van der Waals surface area contributed by atoms with Gasteiger partial charge in [0.25, 0.3) is 5.91 Å². The zero-order chi connectivity index (χ0) is 23.9. The molecule has 0 saturated heterocycles. The number of ether oxygens (including phenoxy) is 1. The van der Waals surface area contributed by atoms with Gasteiger partial charge in [0.2, 0.25) is 0 Å². The van der Waals surface area contributed by atoms with Crippen molar-refractivity contribution in [1.29, 1.82) is 0 Å². The first-order valence-corrected chi connectivity index (χ1v) is 12.2. The van der Waals surface area contributed by atoms with Gasteiger partial charge in [-0.15, -0.1) is 11.3 Å². The molecule has 0 bridgehead atoms. The lowest BCUT2D eigenvalue weighted by molar-refractivity contribution is 0.0955. The Bertz CT molecular complexity index is 1260. The number of hydrogen-bond acceptors (Lipinski definition) is 6. The van der Waals surface area contributed by atoms with Gasteiger partial charge in [0.15, 0.2) is 0 Å². The number of thiophene rings is 1. The van der Waals surface area contributed by atoms with Crippen LogP contribution in [0.1, 0.15) is 25.7 Å². The van der Waals surface area contributed by atoms with Crippen molar-refractivity contribution in [2.45, 2.75) is 19.7 Å². The molecule has 0 radical (unpaired) electrons. The number of nitrogens with one attached hydrogen (secondary N) is 1. The number of nitrogens with zero attached hydrogens (tertiary/aromatic N) is 2. The Morgan fingerprint density at radius 1 is 1.15 bits per heavy atom. The maximum Gasteiger partial charge on any atom is 0.261 e. The minimum Gasteiger partial charge on any atom is -0.383 e. The summed E-state index contributed by atoms with van der Waals surface area (Å²) in [7, 11) is 2.07. The van der Waals surface area contributed by atoms with E-state index in [0.29, 0.717) is 35.5 Å². The molecule has 0 unspecified atom stereocenters. The summed E-state index contributed by atoms with van der Waals surface area (Å²) in [4.78, 5) is 20.4. The summed E-state index contributed by atoms with van der Waals surface area (Å²) in [6.45, 7) is 3.05. The number of aromatic nitrogens is 1. The largest absolute Gasteiger partial charge is 0.383 e. The van der Waals surface area contributed by atoms with Crippen LogP contribution < -0.4 is 11.1 Å². The summed E-state index contributed by atoms with van der Waals surface area (Å²) in [5.74, 6) is 0.342. The fourth-order valence-electron chi connectivity index (χ4n) is 3.61. The van der Waals surface area contributed by atoms with Crippen molar-refractivity contribution in [3.05, 3.63) is 92.8 Å². The smallest absolute Gasteiger partial charge is 0.261 e. The van der Waals surface area contributed by atoms with Crippen LogP contribution in [0.4, 0.5) is 5.82 Å². The number of rotatable bonds is 10. The highest BCUT2D eigenvalue weighted by molar-refractivity contribution is 7.14. The van der Waals surface area contributed by atoms with E-state index < -0.39 is 0 Å². The molecule has 0 atom stereocenters. The van der Waals surface area contributed by atoms with E-state index in [-0.39, 0.29) is 5.91 Å². The van der Waals surface area contributed by atoms with E-state index in [1.54, 1.807) is 12.3 Å². The molecule has 0 aliphatic heterocycles. The fourth-order valence-corrected chi connectivity index (χ4v) is 4.86. The molecule has 176 valence electrons. The molecular formula is C26H27ClN4O2S. The number of halogens is 1. The van der Waals surface area contributed by atoms with Gasteiger partial charge < -0.3 is 15.8 Å². The van der Waals surface area contributed by atoms with Crippen molar-refractivity contribution in [3.63, 3.8) is 0 Å². The number of nitrogen functional groups attached to an aromatic ring is 1. The highest BCUT2D eigenvalue weighted by atomic mass is 35.5. The van der Waals surface area contributed by atoms with Gasteiger partial charge in [-0.3, -0.25) is 9.69 Å². The van der Waals surface area contributed by atoms with E-state index in [9.17, 15) is 4.79 Å². The second kappa shape index (κ2) is 11.4. The van der Waals surface area contributed by atoms with Gasteiger partial charge in [-0.2, -0.15) is 0 Å². The molecular weight excluding hydrogens is 468 g/mol. The van der Waals surface area contributed by atoms with Crippen molar-refractivity contribution in [2.24, 2.45) is 0 Å². The zero-order valence-corrected chi connectivity index (χ0v) is 20.5. The molecule has 2 heterocycles. The Morgan fingerprint density at radius 3 is 2.79 bits per heavy atom. The van der Waals surface area contributed by atoms with E-state index in [1.807, 2.05) is 42.5 Å². The zero-order valence-electron chi connectivity index (χ0n) is 19.0. The number of carbonyl (C=O) groups is 1. The Labute approximate surface area is 208 Å². The fraction of sp³-hybridized carbons (Fsp3) is 0.231. The number of hydrogen-bond donors (Lipinski definition) is 2. The summed E-state index contributed by atoms with van der Waals surface area (Å²) >= 11 is 7.72. The predicted molar refractivity (Wildman–Crippen MR) is 139 cm³/mol. The van der Waals surface area contributed by atoms with E-state index in [4.69, 9.17) is 22.1 Å². The number of fused-ring (bicyclic) bond motifs is 1. The van der Waals surface area contributed by atoms with Crippen molar-refractivity contribution in [3.8, 4) is 0 Å². The SMILES string of the molecule is CN(CCOCc1sc(C(=O)NCc2ccc3c(N)nccc3c2)cc1Cl)Cc1ccccc1. The Morgan fingerprint density at radius 2 is 1.97 bits per heavy atom. The minimum atomic E-state index is -0.157. The van der Waals surface area contributed by atoms with Gasteiger partial charge in [-0.25, -0.2) is 4.98 Å². The quantitative estimate of drug-likeness (QED) is 0.299. The number of nitrogens with two attached hydrogens (primary N) is 1. The van der Waals surface area contributed by atoms with Crippen LogP contribution in [0.15, 0.2) is 66.9 Å². The van der Waals surface area contributed by atoms with Gasteiger partial charge in [0.05, 0.1) is 23.1 Å². The van der Waals surface area contributed by atoms with Crippen LogP contribution in [-0.4, -0.2) is 36.0 Å². The average Bonchev–Trinajstić information content (AvgIpc) is 3.21. The lowest BCUT2D eigenvalue weighted by Crippen LogP contribution is -2.22. The van der Waals surface area contributed by atoms with Gasteiger partial charge >= 0.3 is 0 Å². The lowest BCUT2D eigenvalue weighted by Gasteiger charge is -2.16. The highest BCUT2D eigenvalue weighted by Gasteiger charge is 2.14. The molecule has 0 saturated carbocycles. The first-order chi connectivity index (χ1) is 16.5. The summed E-state index contributed by atoms with van der Waals surface area (Å²) < 4.78 is 5.82. The Kier molecular flexibility index (Phi) is 8.13. The third-order valence-electron chi connectivity index (χ3n) is 5.44. The van der Waals surface area contributed by atoms with Gasteiger partial charge in [-0.05, 0) is 41.8 Å². The van der Waals surface area contributed by atoms with Crippen LogP contribution in [0.25, 0.3) is 10.8 Å². The van der Waals surface area contributed by atoms with E-state index in [1.165, 1.54) is 16.9 Å². The summed E-state index contributed by atoms with van der Waals surface area (Å²) in [5.41, 5.74) is 8.16. The highest BCUT2D eigenvalue weighted by Crippen LogP contribution is 2.28.